The van der Waals surface area contributed by atoms with Gasteiger partial charge in [-0.3, -0.25) is 4.79 Å². The van der Waals surface area contributed by atoms with Gasteiger partial charge in [-0.05, 0) is 35.7 Å². The van der Waals surface area contributed by atoms with E-state index in [1.807, 2.05) is 24.6 Å². The van der Waals surface area contributed by atoms with Crippen LogP contribution in [0, 0.1) is 5.92 Å². The van der Waals surface area contributed by atoms with Crippen LogP contribution in [0.25, 0.3) is 0 Å². The summed E-state index contributed by atoms with van der Waals surface area (Å²) in [6.45, 7) is 1.43. The van der Waals surface area contributed by atoms with Crippen molar-refractivity contribution in [3.05, 3.63) is 39.9 Å². The third kappa shape index (κ3) is 3.72. The van der Waals surface area contributed by atoms with Gasteiger partial charge in [-0.1, -0.05) is 12.1 Å². The first-order chi connectivity index (χ1) is 11.5. The largest absolute Gasteiger partial charge is 0.340 e. The highest BCUT2D eigenvalue weighted by Crippen LogP contribution is 2.27. The van der Waals surface area contributed by atoms with Crippen LogP contribution in [-0.4, -0.2) is 43.7 Å². The maximum Gasteiger partial charge on any atom is 0.252 e. The molecule has 0 aromatic carbocycles. The Labute approximate surface area is 150 Å². The Morgan fingerprint density at radius 3 is 2.46 bits per heavy atom. The molecule has 3 rings (SSSR count). The molecule has 0 aliphatic carbocycles. The van der Waals surface area contributed by atoms with Crippen LogP contribution in [-0.2, 0) is 21.4 Å². The molecule has 130 valence electrons. The topological polar surface area (TPSA) is 57.7 Å². The van der Waals surface area contributed by atoms with Gasteiger partial charge in [0.05, 0.1) is 6.54 Å². The Hall–Kier alpha value is -1.22. The fraction of sp³-hybridized carbons (Fsp3) is 0.438. The van der Waals surface area contributed by atoms with E-state index >= 15 is 0 Å². The van der Waals surface area contributed by atoms with Crippen molar-refractivity contribution in [2.24, 2.45) is 5.92 Å². The number of amides is 1. The molecule has 0 saturated carbocycles. The third-order valence-corrected chi connectivity index (χ3v) is 8.37. The molecule has 1 fully saturated rings. The summed E-state index contributed by atoms with van der Waals surface area (Å²) in [5.74, 6) is 0.0151. The molecule has 0 spiro atoms. The summed E-state index contributed by atoms with van der Waals surface area (Å²) in [4.78, 5) is 15.5. The maximum absolute atomic E-state index is 12.6. The number of hydrogen-bond donors (Lipinski definition) is 0. The number of rotatable bonds is 5. The molecule has 1 amide bonds. The predicted molar refractivity (Wildman–Crippen MR) is 96.6 cm³/mol. The van der Waals surface area contributed by atoms with E-state index in [9.17, 15) is 13.2 Å². The summed E-state index contributed by atoms with van der Waals surface area (Å²) in [6, 6.07) is 7.37. The molecule has 5 nitrogen and oxygen atoms in total. The molecule has 1 aliphatic rings. The molecule has 8 heteroatoms. The van der Waals surface area contributed by atoms with E-state index in [1.54, 1.807) is 33.7 Å². The van der Waals surface area contributed by atoms with Gasteiger partial charge in [0, 0.05) is 30.9 Å². The minimum atomic E-state index is -3.40. The van der Waals surface area contributed by atoms with Crippen LogP contribution in [0.4, 0.5) is 0 Å². The first-order valence-electron chi connectivity index (χ1n) is 7.79. The Morgan fingerprint density at radius 1 is 1.21 bits per heavy atom. The first kappa shape index (κ1) is 17.6. The van der Waals surface area contributed by atoms with E-state index in [1.165, 1.54) is 15.6 Å². The summed E-state index contributed by atoms with van der Waals surface area (Å²) in [5, 5.41) is 3.77. The van der Waals surface area contributed by atoms with Crippen molar-refractivity contribution in [2.75, 3.05) is 20.1 Å². The van der Waals surface area contributed by atoms with E-state index in [-0.39, 0.29) is 11.8 Å². The van der Waals surface area contributed by atoms with Gasteiger partial charge < -0.3 is 4.90 Å². The van der Waals surface area contributed by atoms with Crippen molar-refractivity contribution in [1.82, 2.24) is 9.21 Å². The quantitative estimate of drug-likeness (QED) is 0.796. The highest BCUT2D eigenvalue weighted by atomic mass is 32.2. The molecule has 3 heterocycles. The molecule has 1 saturated heterocycles. The minimum Gasteiger partial charge on any atom is -0.340 e. The zero-order valence-corrected chi connectivity index (χ0v) is 15.9. The molecule has 2 aromatic heterocycles. The fourth-order valence-electron chi connectivity index (χ4n) is 2.91. The SMILES string of the molecule is CN(Cc1cccs1)C(=O)C1CCN(S(=O)(=O)c2cccs2)CC1. The van der Waals surface area contributed by atoms with Crippen molar-refractivity contribution < 1.29 is 13.2 Å². The van der Waals surface area contributed by atoms with E-state index in [2.05, 4.69) is 0 Å². The number of carbonyl (C=O) groups is 1. The molecule has 0 radical (unpaired) electrons. The Morgan fingerprint density at radius 2 is 1.88 bits per heavy atom. The van der Waals surface area contributed by atoms with Crippen molar-refractivity contribution in [3.63, 3.8) is 0 Å². The summed E-state index contributed by atoms with van der Waals surface area (Å²) in [5.41, 5.74) is 0. The fourth-order valence-corrected chi connectivity index (χ4v) is 6.28. The number of nitrogens with zero attached hydrogens (tertiary/aromatic N) is 2. The molecule has 2 aromatic rings. The van der Waals surface area contributed by atoms with E-state index in [0.29, 0.717) is 36.7 Å². The van der Waals surface area contributed by atoms with Gasteiger partial charge in [-0.25, -0.2) is 8.42 Å². The predicted octanol–water partition coefficient (Wildman–Crippen LogP) is 2.87. The Bertz CT molecular complexity index is 762. The van der Waals surface area contributed by atoms with Crippen LogP contribution in [0.15, 0.2) is 39.2 Å². The van der Waals surface area contributed by atoms with Crippen LogP contribution in [0.1, 0.15) is 17.7 Å². The van der Waals surface area contributed by atoms with Crippen LogP contribution >= 0.6 is 22.7 Å². The van der Waals surface area contributed by atoms with Crippen LogP contribution in [0.2, 0.25) is 0 Å². The van der Waals surface area contributed by atoms with E-state index in [0.717, 1.165) is 4.88 Å². The van der Waals surface area contributed by atoms with Gasteiger partial charge >= 0.3 is 0 Å². The molecule has 0 N–H and O–H groups in total. The average Bonchev–Trinajstić information content (AvgIpc) is 3.28. The average molecular weight is 385 g/mol. The number of hydrogen-bond acceptors (Lipinski definition) is 5. The van der Waals surface area contributed by atoms with Gasteiger partial charge in [0.25, 0.3) is 10.0 Å². The molecular formula is C16H20N2O3S3. The standard InChI is InChI=1S/C16H20N2O3S3/c1-17(12-14-4-2-10-22-14)16(19)13-6-8-18(9-7-13)24(20,21)15-5-3-11-23-15/h2-5,10-11,13H,6-9,12H2,1H3. The van der Waals surface area contributed by atoms with E-state index < -0.39 is 10.0 Å². The smallest absolute Gasteiger partial charge is 0.252 e. The summed E-state index contributed by atoms with van der Waals surface area (Å²) in [6.07, 6.45) is 1.16. The van der Waals surface area contributed by atoms with Gasteiger partial charge in [0.2, 0.25) is 5.91 Å². The zero-order valence-electron chi connectivity index (χ0n) is 13.4. The lowest BCUT2D eigenvalue weighted by Crippen LogP contribution is -2.43. The van der Waals surface area contributed by atoms with Crippen LogP contribution < -0.4 is 0 Å². The molecule has 24 heavy (non-hydrogen) atoms. The molecular weight excluding hydrogens is 364 g/mol. The summed E-state index contributed by atoms with van der Waals surface area (Å²) >= 11 is 2.87. The number of sulfonamides is 1. The lowest BCUT2D eigenvalue weighted by Gasteiger charge is -2.32. The molecule has 0 atom stereocenters. The van der Waals surface area contributed by atoms with Crippen molar-refractivity contribution in [3.8, 4) is 0 Å². The molecule has 0 unspecified atom stereocenters. The lowest BCUT2D eigenvalue weighted by molar-refractivity contribution is -0.135. The van der Waals surface area contributed by atoms with Crippen LogP contribution in [0.5, 0.6) is 0 Å². The molecule has 0 bridgehead atoms. The van der Waals surface area contributed by atoms with Crippen molar-refractivity contribution >= 4 is 38.6 Å². The van der Waals surface area contributed by atoms with Gasteiger partial charge in [0.15, 0.2) is 0 Å². The Balaban J connectivity index is 1.57. The number of carbonyl (C=O) groups excluding carboxylic acids is 1. The summed E-state index contributed by atoms with van der Waals surface area (Å²) < 4.78 is 26.9. The monoisotopic (exact) mass is 384 g/mol. The second-order valence-electron chi connectivity index (χ2n) is 5.88. The van der Waals surface area contributed by atoms with Crippen LogP contribution in [0.3, 0.4) is 0 Å². The lowest BCUT2D eigenvalue weighted by atomic mass is 9.96. The molecule has 1 aliphatic heterocycles. The zero-order chi connectivity index (χ0) is 17.2. The second-order valence-corrected chi connectivity index (χ2v) is 10.0. The Kier molecular flexibility index (Phi) is 5.39. The number of piperidine rings is 1. The normalized spacial score (nSPS) is 17.0. The first-order valence-corrected chi connectivity index (χ1v) is 11.0. The summed E-state index contributed by atoms with van der Waals surface area (Å²) in [7, 11) is -1.58. The van der Waals surface area contributed by atoms with Gasteiger partial charge in [0.1, 0.15) is 4.21 Å². The van der Waals surface area contributed by atoms with E-state index in [4.69, 9.17) is 0 Å². The maximum atomic E-state index is 12.6. The highest BCUT2D eigenvalue weighted by Gasteiger charge is 2.33. The minimum absolute atomic E-state index is 0.0928. The number of thiophene rings is 2. The third-order valence-electron chi connectivity index (χ3n) is 4.24. The van der Waals surface area contributed by atoms with Crippen molar-refractivity contribution in [2.45, 2.75) is 23.6 Å². The van der Waals surface area contributed by atoms with Gasteiger partial charge in [-0.15, -0.1) is 22.7 Å². The van der Waals surface area contributed by atoms with Crippen molar-refractivity contribution in [1.29, 1.82) is 0 Å². The van der Waals surface area contributed by atoms with Gasteiger partial charge in [-0.2, -0.15) is 4.31 Å². The highest BCUT2D eigenvalue weighted by molar-refractivity contribution is 7.91. The second kappa shape index (κ2) is 7.35.